The van der Waals surface area contributed by atoms with Gasteiger partial charge in [0, 0.05) is 12.1 Å². The number of ether oxygens (including phenoxy) is 2. The zero-order valence-electron chi connectivity index (χ0n) is 17.1. The first-order valence-corrected chi connectivity index (χ1v) is 9.83. The van der Waals surface area contributed by atoms with E-state index in [9.17, 15) is 24.6 Å². The maximum Gasteiger partial charge on any atom is 0.431 e. The lowest BCUT2D eigenvalue weighted by atomic mass is 10.0. The minimum Gasteiger partial charge on any atom is -0.494 e. The normalized spacial score (nSPS) is 12.4. The Morgan fingerprint density at radius 3 is 2.44 bits per heavy atom. The van der Waals surface area contributed by atoms with E-state index in [0.29, 0.717) is 4.57 Å². The molecule has 0 bridgehead atoms. The van der Waals surface area contributed by atoms with E-state index in [1.165, 1.54) is 12.5 Å². The van der Waals surface area contributed by atoms with Crippen LogP contribution in [0.2, 0.25) is 0 Å². The van der Waals surface area contributed by atoms with Gasteiger partial charge in [-0.25, -0.2) is 14.4 Å². The van der Waals surface area contributed by atoms with Crippen LogP contribution in [0.15, 0.2) is 54.6 Å². The molecule has 0 radical (unpaired) electrons. The second-order valence-electron chi connectivity index (χ2n) is 7.29. The van der Waals surface area contributed by atoms with Crippen LogP contribution < -0.4 is 5.32 Å². The Morgan fingerprint density at radius 1 is 1.00 bits per heavy atom. The van der Waals surface area contributed by atoms with Crippen LogP contribution in [0, 0.1) is 0 Å². The van der Waals surface area contributed by atoms with Gasteiger partial charge in [0.05, 0.1) is 0 Å². The number of carbonyl (C=O) groups is 3. The van der Waals surface area contributed by atoms with Crippen molar-refractivity contribution in [3.05, 3.63) is 71.3 Å². The summed E-state index contributed by atoms with van der Waals surface area (Å²) in [5, 5.41) is 21.3. The van der Waals surface area contributed by atoms with Crippen LogP contribution in [-0.4, -0.2) is 39.0 Å². The van der Waals surface area contributed by atoms with Crippen LogP contribution >= 0.6 is 0 Å². The van der Waals surface area contributed by atoms with Gasteiger partial charge in [0.2, 0.25) is 11.8 Å². The number of rotatable bonds is 4. The molecule has 3 aromatic rings. The Kier molecular flexibility index (Phi) is 5.55. The molecule has 4 rings (SSSR count). The first-order valence-electron chi connectivity index (χ1n) is 9.83. The molecule has 0 aliphatic heterocycles. The van der Waals surface area contributed by atoms with Crippen LogP contribution in [-0.2, 0) is 27.3 Å². The molecule has 1 aliphatic carbocycles. The summed E-state index contributed by atoms with van der Waals surface area (Å²) in [4.78, 5) is 36.1. The van der Waals surface area contributed by atoms with Crippen molar-refractivity contribution < 1.29 is 34.1 Å². The minimum atomic E-state index is -1.31. The Hall–Kier alpha value is -4.27. The van der Waals surface area contributed by atoms with Crippen LogP contribution in [0.1, 0.15) is 23.6 Å². The van der Waals surface area contributed by atoms with Crippen LogP contribution in [0.4, 0.5) is 9.59 Å². The summed E-state index contributed by atoms with van der Waals surface area (Å²) in [7, 11) is 0. The number of hydrogen-bond acceptors (Lipinski definition) is 7. The zero-order valence-corrected chi connectivity index (χ0v) is 17.1. The molecule has 9 nitrogen and oxygen atoms in total. The zero-order chi connectivity index (χ0) is 22.8. The van der Waals surface area contributed by atoms with Crippen molar-refractivity contribution in [2.24, 2.45) is 0 Å². The summed E-state index contributed by atoms with van der Waals surface area (Å²) < 4.78 is 10.2. The van der Waals surface area contributed by atoms with Crippen LogP contribution in [0.5, 0.6) is 11.8 Å². The maximum atomic E-state index is 12.2. The topological polar surface area (TPSA) is 127 Å². The Morgan fingerprint density at radius 2 is 1.69 bits per heavy atom. The number of aromatic nitrogens is 1. The third-order valence-electron chi connectivity index (χ3n) is 5.20. The molecular formula is C23H20N2O7. The van der Waals surface area contributed by atoms with E-state index in [4.69, 9.17) is 4.74 Å². The average Bonchev–Trinajstić information content (AvgIpc) is 3.31. The first kappa shape index (κ1) is 21.0. The molecule has 9 heteroatoms. The highest BCUT2D eigenvalue weighted by atomic mass is 16.6. The predicted octanol–water partition coefficient (Wildman–Crippen LogP) is 3.30. The molecule has 0 saturated carbocycles. The number of hydrogen-bond donors (Lipinski definition) is 3. The van der Waals surface area contributed by atoms with E-state index in [2.05, 4.69) is 22.2 Å². The van der Waals surface area contributed by atoms with E-state index < -0.39 is 36.0 Å². The lowest BCUT2D eigenvalue weighted by Crippen LogP contribution is -2.41. The molecule has 1 amide bonds. The largest absolute Gasteiger partial charge is 0.494 e. The van der Waals surface area contributed by atoms with Crippen molar-refractivity contribution in [3.63, 3.8) is 0 Å². The van der Waals surface area contributed by atoms with Crippen LogP contribution in [0.25, 0.3) is 11.1 Å². The Bertz CT molecular complexity index is 1200. The van der Waals surface area contributed by atoms with E-state index in [0.717, 1.165) is 40.8 Å². The second kappa shape index (κ2) is 8.46. The van der Waals surface area contributed by atoms with Gasteiger partial charge in [0.25, 0.3) is 0 Å². The summed E-state index contributed by atoms with van der Waals surface area (Å²) in [5.74, 6) is -2.29. The van der Waals surface area contributed by atoms with Gasteiger partial charge in [-0.3, -0.25) is 0 Å². The summed E-state index contributed by atoms with van der Waals surface area (Å²) in [5.41, 5.74) is 5.42. The lowest BCUT2D eigenvalue weighted by Gasteiger charge is -2.14. The molecule has 0 spiro atoms. The molecule has 164 valence electrons. The molecule has 0 fully saturated rings. The van der Waals surface area contributed by atoms with Gasteiger partial charge in [0.1, 0.15) is 12.6 Å². The molecule has 1 atom stereocenters. The fourth-order valence-corrected chi connectivity index (χ4v) is 3.60. The van der Waals surface area contributed by atoms with Gasteiger partial charge in [-0.15, -0.1) is 0 Å². The molecule has 1 aromatic heterocycles. The van der Waals surface area contributed by atoms with Crippen molar-refractivity contribution in [1.29, 1.82) is 0 Å². The number of aromatic hydroxyl groups is 2. The van der Waals surface area contributed by atoms with Gasteiger partial charge in [0.15, 0.2) is 0 Å². The van der Waals surface area contributed by atoms with E-state index in [-0.39, 0.29) is 6.61 Å². The van der Waals surface area contributed by atoms with Gasteiger partial charge in [-0.1, -0.05) is 42.5 Å². The van der Waals surface area contributed by atoms with E-state index >= 15 is 0 Å². The Balaban J connectivity index is 1.33. The van der Waals surface area contributed by atoms with Gasteiger partial charge in [-0.05, 0) is 41.2 Å². The quantitative estimate of drug-likeness (QED) is 0.331. The standard InChI is InChI=1S/C23H20N2O7/c1-13(21(28)32-23(30)25-19(26)9-10-20(25)27)24-22(29)31-12-15-6-4-8-17-16-7-3-2-5-14(16)11-18(15)17/h2-10,13,26-27H,11-12H2,1H3,(H,24,29)/t13-/m0/s1. The van der Waals surface area contributed by atoms with Crippen molar-refractivity contribution in [3.8, 4) is 22.9 Å². The molecule has 1 aliphatic rings. The highest BCUT2D eigenvalue weighted by Gasteiger charge is 2.25. The molecular weight excluding hydrogens is 416 g/mol. The van der Waals surface area contributed by atoms with Crippen molar-refractivity contribution in [2.45, 2.75) is 26.0 Å². The van der Waals surface area contributed by atoms with Crippen molar-refractivity contribution >= 4 is 18.2 Å². The molecule has 3 N–H and O–H groups in total. The lowest BCUT2D eigenvalue weighted by molar-refractivity contribution is -0.139. The number of fused-ring (bicyclic) bond motifs is 3. The average molecular weight is 436 g/mol. The van der Waals surface area contributed by atoms with Gasteiger partial charge >= 0.3 is 18.2 Å². The summed E-state index contributed by atoms with van der Waals surface area (Å²) in [6.45, 7) is 1.32. The number of benzene rings is 2. The molecule has 1 heterocycles. The van der Waals surface area contributed by atoms with Crippen LogP contribution in [0.3, 0.4) is 0 Å². The third kappa shape index (κ3) is 4.00. The smallest absolute Gasteiger partial charge is 0.431 e. The monoisotopic (exact) mass is 436 g/mol. The number of alkyl carbamates (subject to hydrolysis) is 1. The number of nitrogens with one attached hydrogen (secondary N) is 1. The van der Waals surface area contributed by atoms with Crippen molar-refractivity contribution in [2.75, 3.05) is 0 Å². The fraction of sp³-hybridized carbons (Fsp3) is 0.174. The Labute approximate surface area is 182 Å². The minimum absolute atomic E-state index is 0.00874. The van der Waals surface area contributed by atoms with E-state index in [1.54, 1.807) is 0 Å². The number of esters is 1. The summed E-state index contributed by atoms with van der Waals surface area (Å²) in [6, 6.07) is 14.8. The SMILES string of the molecule is C[C@H](NC(=O)OCc1cccc2c1Cc1ccccc1-2)C(=O)OC(=O)n1c(O)ccc1O. The summed E-state index contributed by atoms with van der Waals surface area (Å²) >= 11 is 0. The first-order chi connectivity index (χ1) is 15.3. The highest BCUT2D eigenvalue weighted by Crippen LogP contribution is 2.38. The fourth-order valence-electron chi connectivity index (χ4n) is 3.60. The molecule has 0 saturated heterocycles. The number of nitrogens with zero attached hydrogens (tertiary/aromatic N) is 1. The highest BCUT2D eigenvalue weighted by molar-refractivity contribution is 5.91. The molecule has 32 heavy (non-hydrogen) atoms. The predicted molar refractivity (Wildman–Crippen MR) is 112 cm³/mol. The maximum absolute atomic E-state index is 12.2. The third-order valence-corrected chi connectivity index (χ3v) is 5.20. The molecule has 2 aromatic carbocycles. The van der Waals surface area contributed by atoms with Gasteiger partial charge < -0.3 is 25.0 Å². The van der Waals surface area contributed by atoms with Gasteiger partial charge in [-0.2, -0.15) is 4.57 Å². The number of carbonyl (C=O) groups excluding carboxylic acids is 3. The molecule has 0 unspecified atom stereocenters. The summed E-state index contributed by atoms with van der Waals surface area (Å²) in [6.07, 6.45) is -1.42. The second-order valence-corrected chi connectivity index (χ2v) is 7.29. The van der Waals surface area contributed by atoms with E-state index in [1.807, 2.05) is 30.3 Å². The van der Waals surface area contributed by atoms with Crippen molar-refractivity contribution in [1.82, 2.24) is 9.88 Å². The number of amides is 1.